The van der Waals surface area contributed by atoms with Gasteiger partial charge in [0.15, 0.2) is 9.84 Å². The number of sulfone groups is 1. The lowest BCUT2D eigenvalue weighted by atomic mass is 10.2. The van der Waals surface area contributed by atoms with Crippen molar-refractivity contribution < 1.29 is 18.0 Å². The molecule has 0 saturated carbocycles. The molecule has 0 spiro atoms. The Balaban J connectivity index is 1.74. The predicted octanol–water partition coefficient (Wildman–Crippen LogP) is -1.16. The van der Waals surface area contributed by atoms with Gasteiger partial charge in [0.25, 0.3) is 0 Å². The fourth-order valence-corrected chi connectivity index (χ4v) is 4.42. The fourth-order valence-electron chi connectivity index (χ4n) is 2.75. The van der Waals surface area contributed by atoms with E-state index in [-0.39, 0.29) is 35.8 Å². The second-order valence-corrected chi connectivity index (χ2v) is 7.89. The molecule has 2 aliphatic heterocycles. The molecule has 2 saturated heterocycles. The van der Waals surface area contributed by atoms with Gasteiger partial charge in [0.1, 0.15) is 6.42 Å². The van der Waals surface area contributed by atoms with Crippen molar-refractivity contribution in [2.24, 2.45) is 0 Å². The van der Waals surface area contributed by atoms with Gasteiger partial charge in [0.2, 0.25) is 11.8 Å². The largest absolute Gasteiger partial charge is 0.352 e. The summed E-state index contributed by atoms with van der Waals surface area (Å²) in [7, 11) is -3.01. The molecule has 0 radical (unpaired) electrons. The molecule has 1 atom stereocenters. The number of amides is 2. The van der Waals surface area contributed by atoms with Gasteiger partial charge in [0, 0.05) is 32.2 Å². The predicted molar refractivity (Wildman–Crippen MR) is 78.5 cm³/mol. The average molecular weight is 317 g/mol. The van der Waals surface area contributed by atoms with Gasteiger partial charge in [-0.25, -0.2) is 8.42 Å². The summed E-state index contributed by atoms with van der Waals surface area (Å²) in [6.45, 7) is 6.03. The molecule has 21 heavy (non-hydrogen) atoms. The Morgan fingerprint density at radius 2 is 1.86 bits per heavy atom. The highest BCUT2D eigenvalue weighted by Crippen LogP contribution is 2.11. The number of hydrogen-bond donors (Lipinski definition) is 1. The third kappa shape index (κ3) is 4.67. The lowest BCUT2D eigenvalue weighted by Crippen LogP contribution is -2.49. The Morgan fingerprint density at radius 1 is 1.19 bits per heavy atom. The molecule has 8 heteroatoms. The van der Waals surface area contributed by atoms with E-state index in [2.05, 4.69) is 17.1 Å². The Labute approximate surface area is 125 Å². The van der Waals surface area contributed by atoms with Crippen molar-refractivity contribution in [3.8, 4) is 0 Å². The van der Waals surface area contributed by atoms with Crippen LogP contribution in [0, 0.1) is 0 Å². The van der Waals surface area contributed by atoms with E-state index < -0.39 is 9.84 Å². The van der Waals surface area contributed by atoms with Crippen LogP contribution in [0.3, 0.4) is 0 Å². The Hall–Kier alpha value is -1.15. The molecule has 1 N–H and O–H groups in total. The molecular formula is C13H23N3O4S. The molecule has 0 aromatic rings. The van der Waals surface area contributed by atoms with Crippen molar-refractivity contribution >= 4 is 21.7 Å². The Bertz CT molecular complexity index is 498. The SMILES string of the molecule is CCN1CCN(C(=O)CC(=O)NC2CCS(=O)(=O)C2)CC1. The molecule has 0 aromatic heterocycles. The first kappa shape index (κ1) is 16.2. The van der Waals surface area contributed by atoms with E-state index in [9.17, 15) is 18.0 Å². The van der Waals surface area contributed by atoms with Crippen LogP contribution in [0.5, 0.6) is 0 Å². The molecule has 2 heterocycles. The fraction of sp³-hybridized carbons (Fsp3) is 0.846. The van der Waals surface area contributed by atoms with Gasteiger partial charge in [0.05, 0.1) is 11.5 Å². The molecule has 1 unspecified atom stereocenters. The minimum atomic E-state index is -3.01. The van der Waals surface area contributed by atoms with E-state index in [1.807, 2.05) is 0 Å². The smallest absolute Gasteiger partial charge is 0.232 e. The maximum atomic E-state index is 12.0. The molecule has 120 valence electrons. The zero-order valence-electron chi connectivity index (χ0n) is 12.4. The zero-order valence-corrected chi connectivity index (χ0v) is 13.2. The van der Waals surface area contributed by atoms with Crippen LogP contribution in [0.25, 0.3) is 0 Å². The van der Waals surface area contributed by atoms with Crippen molar-refractivity contribution in [2.45, 2.75) is 25.8 Å². The van der Waals surface area contributed by atoms with Crippen molar-refractivity contribution in [3.63, 3.8) is 0 Å². The van der Waals surface area contributed by atoms with E-state index in [0.717, 1.165) is 19.6 Å². The van der Waals surface area contributed by atoms with Gasteiger partial charge >= 0.3 is 0 Å². The molecule has 2 amide bonds. The first-order valence-corrected chi connectivity index (χ1v) is 9.21. The second-order valence-electron chi connectivity index (χ2n) is 5.66. The quantitative estimate of drug-likeness (QED) is 0.661. The van der Waals surface area contributed by atoms with Gasteiger partial charge in [-0.1, -0.05) is 6.92 Å². The van der Waals surface area contributed by atoms with E-state index in [4.69, 9.17) is 0 Å². The number of nitrogens with zero attached hydrogens (tertiary/aromatic N) is 2. The van der Waals surface area contributed by atoms with Crippen LogP contribution in [0.4, 0.5) is 0 Å². The molecule has 0 aliphatic carbocycles. The van der Waals surface area contributed by atoms with E-state index in [0.29, 0.717) is 19.5 Å². The monoisotopic (exact) mass is 317 g/mol. The van der Waals surface area contributed by atoms with Crippen molar-refractivity contribution in [1.29, 1.82) is 0 Å². The topological polar surface area (TPSA) is 86.8 Å². The van der Waals surface area contributed by atoms with Gasteiger partial charge < -0.3 is 15.1 Å². The lowest BCUT2D eigenvalue weighted by Gasteiger charge is -2.34. The van der Waals surface area contributed by atoms with Crippen molar-refractivity contribution in [1.82, 2.24) is 15.1 Å². The van der Waals surface area contributed by atoms with Crippen LogP contribution in [0.1, 0.15) is 19.8 Å². The normalized spacial score (nSPS) is 25.8. The molecule has 7 nitrogen and oxygen atoms in total. The summed E-state index contributed by atoms with van der Waals surface area (Å²) < 4.78 is 22.6. The third-order valence-corrected chi connectivity index (χ3v) is 5.85. The molecule has 2 fully saturated rings. The maximum absolute atomic E-state index is 12.0. The summed E-state index contributed by atoms with van der Waals surface area (Å²) in [5, 5.41) is 2.65. The van der Waals surface area contributed by atoms with Crippen LogP contribution in [0.15, 0.2) is 0 Å². The minimum absolute atomic E-state index is 0.0118. The zero-order chi connectivity index (χ0) is 15.5. The van der Waals surface area contributed by atoms with Crippen molar-refractivity contribution in [3.05, 3.63) is 0 Å². The van der Waals surface area contributed by atoms with Crippen molar-refractivity contribution in [2.75, 3.05) is 44.2 Å². The highest BCUT2D eigenvalue weighted by Gasteiger charge is 2.30. The van der Waals surface area contributed by atoms with Crippen LogP contribution >= 0.6 is 0 Å². The number of piperazine rings is 1. The number of nitrogens with one attached hydrogen (secondary N) is 1. The first-order chi connectivity index (χ1) is 9.89. The lowest BCUT2D eigenvalue weighted by molar-refractivity contribution is -0.137. The van der Waals surface area contributed by atoms with Crippen LogP contribution in [0.2, 0.25) is 0 Å². The number of likely N-dealkylation sites (N-methyl/N-ethyl adjacent to an activating group) is 1. The summed E-state index contributed by atoms with van der Waals surface area (Å²) in [4.78, 5) is 27.8. The van der Waals surface area contributed by atoms with E-state index in [1.54, 1.807) is 4.90 Å². The third-order valence-electron chi connectivity index (χ3n) is 4.08. The van der Waals surface area contributed by atoms with Crippen LogP contribution in [-0.2, 0) is 19.4 Å². The number of carbonyl (C=O) groups excluding carboxylic acids is 2. The number of carbonyl (C=O) groups is 2. The highest BCUT2D eigenvalue weighted by molar-refractivity contribution is 7.91. The first-order valence-electron chi connectivity index (χ1n) is 7.39. The van der Waals surface area contributed by atoms with E-state index >= 15 is 0 Å². The average Bonchev–Trinajstić information content (AvgIpc) is 2.77. The molecule has 2 rings (SSSR count). The van der Waals surface area contributed by atoms with Gasteiger partial charge in [-0.2, -0.15) is 0 Å². The maximum Gasteiger partial charge on any atom is 0.232 e. The molecule has 2 aliphatic rings. The van der Waals surface area contributed by atoms with Gasteiger partial charge in [-0.05, 0) is 13.0 Å². The second kappa shape index (κ2) is 6.74. The standard InChI is InChI=1S/C13H23N3O4S/c1-2-15-4-6-16(7-5-15)13(18)9-12(17)14-11-3-8-21(19,20)10-11/h11H,2-10H2,1H3,(H,14,17). The summed E-state index contributed by atoms with van der Waals surface area (Å²) >= 11 is 0. The summed E-state index contributed by atoms with van der Waals surface area (Å²) in [5.74, 6) is -0.448. The van der Waals surface area contributed by atoms with Gasteiger partial charge in [-0.3, -0.25) is 9.59 Å². The Kier molecular flexibility index (Phi) is 5.21. The summed E-state index contributed by atoms with van der Waals surface area (Å²) in [6, 6.07) is -0.341. The summed E-state index contributed by atoms with van der Waals surface area (Å²) in [5.41, 5.74) is 0. The summed E-state index contributed by atoms with van der Waals surface area (Å²) in [6.07, 6.45) is 0.250. The van der Waals surface area contributed by atoms with E-state index in [1.165, 1.54) is 0 Å². The van der Waals surface area contributed by atoms with Crippen LogP contribution in [-0.4, -0.2) is 80.3 Å². The Morgan fingerprint density at radius 3 is 2.38 bits per heavy atom. The molecule has 0 bridgehead atoms. The van der Waals surface area contributed by atoms with Crippen LogP contribution < -0.4 is 5.32 Å². The molecular weight excluding hydrogens is 294 g/mol. The minimum Gasteiger partial charge on any atom is -0.352 e. The highest BCUT2D eigenvalue weighted by atomic mass is 32.2. The molecule has 0 aromatic carbocycles. The number of rotatable bonds is 4. The number of hydrogen-bond acceptors (Lipinski definition) is 5. The van der Waals surface area contributed by atoms with Gasteiger partial charge in [-0.15, -0.1) is 0 Å².